The molecule has 0 saturated carbocycles. The van der Waals surface area contributed by atoms with Crippen LogP contribution in [0.3, 0.4) is 0 Å². The highest BCUT2D eigenvalue weighted by atomic mass is 16.7. The van der Waals surface area contributed by atoms with Crippen LogP contribution in [-0.4, -0.2) is 80.4 Å². The minimum atomic E-state index is -0.210. The highest BCUT2D eigenvalue weighted by Gasteiger charge is 2.43. The summed E-state index contributed by atoms with van der Waals surface area (Å²) in [4.78, 5) is 24.0. The first-order valence-electron chi connectivity index (χ1n) is 31.8. The van der Waals surface area contributed by atoms with Crippen LogP contribution in [0.25, 0.3) is 0 Å². The summed E-state index contributed by atoms with van der Waals surface area (Å²) in [6.45, 7) is 19.0. The van der Waals surface area contributed by atoms with Crippen molar-refractivity contribution in [1.29, 1.82) is 0 Å². The molecule has 2 aliphatic heterocycles. The SMILES string of the molecule is CC.CCCC(=O)C(C)CCCCCCC=CC[C@@H]1c2ccc(OCOC)cc2OC[C@]1(C)c1ccc(OCOC)cc1.CCCC(=O)C(C)CCCCCCCCC[C@@H]1c2ccc(OCOC)cc2OC[C@]1(C)c1ccc(OCOC)cc1. The molecule has 12 heteroatoms. The van der Waals surface area contributed by atoms with Gasteiger partial charge in [0.2, 0.25) is 0 Å². The Labute approximate surface area is 507 Å². The predicted molar refractivity (Wildman–Crippen MR) is 339 cm³/mol. The number of hydrogen-bond donors (Lipinski definition) is 0. The number of carbonyl (C=O) groups is 2. The number of ketones is 2. The molecule has 2 aliphatic rings. The summed E-state index contributed by atoms with van der Waals surface area (Å²) in [5, 5.41) is 0. The molecular weight excluding hydrogens is 1060 g/mol. The quantitative estimate of drug-likeness (QED) is 0.0240. The first kappa shape index (κ1) is 71.1. The number of rotatable bonds is 39. The Bertz CT molecular complexity index is 2450. The third-order valence-corrected chi connectivity index (χ3v) is 16.7. The summed E-state index contributed by atoms with van der Waals surface area (Å²) < 4.78 is 55.5. The van der Waals surface area contributed by atoms with E-state index in [-0.39, 0.29) is 55.8 Å². The van der Waals surface area contributed by atoms with Crippen molar-refractivity contribution in [1.82, 2.24) is 0 Å². The van der Waals surface area contributed by atoms with Gasteiger partial charge >= 0.3 is 0 Å². The van der Waals surface area contributed by atoms with Crippen LogP contribution in [0.15, 0.2) is 97.1 Å². The van der Waals surface area contributed by atoms with Gasteiger partial charge in [-0.25, -0.2) is 0 Å². The molecule has 0 aromatic heterocycles. The lowest BCUT2D eigenvalue weighted by Gasteiger charge is -2.43. The first-order valence-corrected chi connectivity index (χ1v) is 31.8. The maximum atomic E-state index is 12.0. The zero-order valence-electron chi connectivity index (χ0n) is 53.8. The van der Waals surface area contributed by atoms with E-state index in [9.17, 15) is 9.59 Å². The number of methoxy groups -OCH3 is 4. The highest BCUT2D eigenvalue weighted by Crippen LogP contribution is 2.51. The number of allylic oxidation sites excluding steroid dienone is 2. The third-order valence-electron chi connectivity index (χ3n) is 16.7. The molecule has 4 aromatic rings. The molecule has 0 amide bonds. The maximum Gasteiger partial charge on any atom is 0.188 e. The molecule has 2 heterocycles. The lowest BCUT2D eigenvalue weighted by atomic mass is 9.66. The van der Waals surface area contributed by atoms with Crippen molar-refractivity contribution in [3.8, 4) is 34.5 Å². The van der Waals surface area contributed by atoms with Gasteiger partial charge in [-0.3, -0.25) is 9.59 Å². The Morgan fingerprint density at radius 3 is 1.30 bits per heavy atom. The molecule has 0 bridgehead atoms. The second-order valence-corrected chi connectivity index (χ2v) is 23.2. The van der Waals surface area contributed by atoms with Gasteiger partial charge in [-0.2, -0.15) is 0 Å². The van der Waals surface area contributed by atoms with Crippen LogP contribution in [0, 0.1) is 11.8 Å². The van der Waals surface area contributed by atoms with Gasteiger partial charge in [0.15, 0.2) is 27.2 Å². The zero-order chi connectivity index (χ0) is 61.0. The fraction of sp³-hybridized carbons (Fsp3) is 0.611. The Morgan fingerprint density at radius 1 is 0.500 bits per heavy atom. The van der Waals surface area contributed by atoms with E-state index in [0.717, 1.165) is 98.7 Å². The number of benzene rings is 4. The van der Waals surface area contributed by atoms with E-state index >= 15 is 0 Å². The fourth-order valence-corrected chi connectivity index (χ4v) is 11.6. The highest BCUT2D eigenvalue weighted by molar-refractivity contribution is 5.80. The molecule has 0 fully saturated rings. The van der Waals surface area contributed by atoms with Crippen LogP contribution in [0.5, 0.6) is 34.5 Å². The molecule has 468 valence electrons. The average molecular weight is 1170 g/mol. The molecule has 6 atom stereocenters. The van der Waals surface area contributed by atoms with Crippen LogP contribution in [0.1, 0.15) is 218 Å². The summed E-state index contributed by atoms with van der Waals surface area (Å²) in [7, 11) is 6.49. The van der Waals surface area contributed by atoms with Crippen molar-refractivity contribution in [2.75, 3.05) is 68.8 Å². The summed E-state index contributed by atoms with van der Waals surface area (Å²) in [5.74, 6) is 6.74. The van der Waals surface area contributed by atoms with Gasteiger partial charge in [0, 0.05) is 87.9 Å². The molecule has 0 saturated heterocycles. The normalized spacial score (nSPS) is 18.5. The zero-order valence-corrected chi connectivity index (χ0v) is 53.8. The van der Waals surface area contributed by atoms with Crippen molar-refractivity contribution in [2.45, 2.75) is 206 Å². The number of carbonyl (C=O) groups excluding carboxylic acids is 2. The minimum Gasteiger partial charge on any atom is -0.492 e. The maximum absolute atomic E-state index is 12.0. The molecule has 2 unspecified atom stereocenters. The summed E-state index contributed by atoms with van der Waals surface area (Å²) in [6.07, 6.45) is 26.5. The summed E-state index contributed by atoms with van der Waals surface area (Å²) >= 11 is 0. The Kier molecular flexibility index (Phi) is 33.9. The minimum absolute atomic E-state index is 0.159. The van der Waals surface area contributed by atoms with Crippen LogP contribution >= 0.6 is 0 Å². The van der Waals surface area contributed by atoms with Crippen LogP contribution < -0.4 is 28.4 Å². The van der Waals surface area contributed by atoms with Gasteiger partial charge < -0.3 is 47.4 Å². The number of fused-ring (bicyclic) bond motifs is 2. The molecule has 0 aliphatic carbocycles. The number of unbranched alkanes of at least 4 members (excludes halogenated alkanes) is 10. The Morgan fingerprint density at radius 2 is 0.869 bits per heavy atom. The van der Waals surface area contributed by atoms with Gasteiger partial charge in [0.1, 0.15) is 46.1 Å². The topological polar surface area (TPSA) is 126 Å². The van der Waals surface area contributed by atoms with Crippen LogP contribution in [-0.2, 0) is 39.4 Å². The van der Waals surface area contributed by atoms with Gasteiger partial charge in [-0.05, 0) is 110 Å². The smallest absolute Gasteiger partial charge is 0.188 e. The van der Waals surface area contributed by atoms with E-state index < -0.39 is 0 Å². The predicted octanol–water partition coefficient (Wildman–Crippen LogP) is 18.0. The molecule has 4 aromatic carbocycles. The fourth-order valence-electron chi connectivity index (χ4n) is 11.6. The van der Waals surface area contributed by atoms with Crippen LogP contribution in [0.4, 0.5) is 0 Å². The first-order chi connectivity index (χ1) is 40.8. The van der Waals surface area contributed by atoms with E-state index in [1.54, 1.807) is 28.4 Å². The standard InChI is InChI=1S/C35H52O6.C35H50O6.C2H6/c2*1-6-14-33(36)27(2)15-12-10-8-7-9-11-13-16-32-31-22-21-30(41-26-38-5)23-34(31)39-24-35(32,3)28-17-19-29(20-18-28)40-25-37-4;1-2/h17-23,27,32H,6-16,24-26H2,1-5H3;11,13,17-23,27,32H,6-10,12,14-16,24-26H2,1-5H3;1-2H3/t2*27?,32-,35-;/m11./s1. The van der Waals surface area contributed by atoms with Crippen LogP contribution in [0.2, 0.25) is 0 Å². The number of Topliss-reactive ketones (excluding diaryl/α,β-unsaturated/α-hetero) is 2. The van der Waals surface area contributed by atoms with E-state index in [0.29, 0.717) is 30.7 Å². The molecule has 6 rings (SSSR count). The van der Waals surface area contributed by atoms with Crippen molar-refractivity contribution < 1.29 is 57.0 Å². The Balaban J connectivity index is 0.000000350. The number of hydrogen-bond acceptors (Lipinski definition) is 12. The molecule has 0 spiro atoms. The van der Waals surface area contributed by atoms with Gasteiger partial charge in [0.05, 0.1) is 13.2 Å². The largest absolute Gasteiger partial charge is 0.492 e. The van der Waals surface area contributed by atoms with Gasteiger partial charge in [-0.15, -0.1) is 0 Å². The van der Waals surface area contributed by atoms with Gasteiger partial charge in [-0.1, -0.05) is 168 Å². The molecule has 84 heavy (non-hydrogen) atoms. The Hall–Kier alpha value is -5.40. The molecular formula is C72H108O12. The molecule has 12 nitrogen and oxygen atoms in total. The van der Waals surface area contributed by atoms with Crippen molar-refractivity contribution in [3.05, 3.63) is 119 Å². The van der Waals surface area contributed by atoms with Crippen molar-refractivity contribution in [2.24, 2.45) is 11.8 Å². The monoisotopic (exact) mass is 1160 g/mol. The second kappa shape index (κ2) is 40.1. The van der Waals surface area contributed by atoms with Crippen molar-refractivity contribution in [3.63, 3.8) is 0 Å². The third kappa shape index (κ3) is 22.8. The molecule has 0 radical (unpaired) electrons. The molecule has 0 N–H and O–H groups in total. The van der Waals surface area contributed by atoms with E-state index in [2.05, 4.69) is 90.1 Å². The lowest BCUT2D eigenvalue weighted by molar-refractivity contribution is -0.123. The van der Waals surface area contributed by atoms with E-state index in [1.807, 2.05) is 62.4 Å². The second-order valence-electron chi connectivity index (χ2n) is 23.2. The number of ether oxygens (including phenoxy) is 10. The van der Waals surface area contributed by atoms with E-state index in [1.165, 1.54) is 86.5 Å². The lowest BCUT2D eigenvalue weighted by Crippen LogP contribution is -2.40. The van der Waals surface area contributed by atoms with Crippen molar-refractivity contribution >= 4 is 11.6 Å². The summed E-state index contributed by atoms with van der Waals surface area (Å²) in [5.41, 5.74) is 4.54. The van der Waals surface area contributed by atoms with Gasteiger partial charge in [0.25, 0.3) is 0 Å². The average Bonchev–Trinajstić information content (AvgIpc) is 3.71. The summed E-state index contributed by atoms with van der Waals surface area (Å²) in [6, 6.07) is 29.0. The van der Waals surface area contributed by atoms with E-state index in [4.69, 9.17) is 47.4 Å².